The van der Waals surface area contributed by atoms with E-state index in [1.54, 1.807) is 54.6 Å². The number of benzene rings is 2. The minimum atomic E-state index is -4.05. The van der Waals surface area contributed by atoms with Gasteiger partial charge in [0.15, 0.2) is 6.23 Å². The van der Waals surface area contributed by atoms with E-state index >= 15 is 0 Å². The summed E-state index contributed by atoms with van der Waals surface area (Å²) in [4.78, 5) is 29.0. The minimum Gasteiger partial charge on any atom is -0.387 e. The van der Waals surface area contributed by atoms with Crippen molar-refractivity contribution in [3.05, 3.63) is 93.5 Å². The quantitative estimate of drug-likeness (QED) is 0.347. The molecule has 2 fully saturated rings. The van der Waals surface area contributed by atoms with Gasteiger partial charge in [0.05, 0.1) is 19.3 Å². The number of hydrogen-bond donors (Lipinski definition) is 3. The van der Waals surface area contributed by atoms with E-state index in [9.17, 15) is 24.4 Å². The van der Waals surface area contributed by atoms with Crippen molar-refractivity contribution in [1.82, 2.24) is 9.55 Å². The van der Waals surface area contributed by atoms with Crippen molar-refractivity contribution < 1.29 is 37.9 Å². The Bertz CT molecular complexity index is 1490. The molecule has 12 nitrogen and oxygen atoms in total. The molecular weight excluding hydrogens is 565 g/mol. The van der Waals surface area contributed by atoms with Gasteiger partial charge in [0, 0.05) is 23.2 Å². The summed E-state index contributed by atoms with van der Waals surface area (Å²) in [5.74, 6) is -0.464. The molecule has 5 rings (SSSR count). The van der Waals surface area contributed by atoms with Gasteiger partial charge < -0.3 is 20.3 Å². The SMILES string of the molecule is C[C@@]1(O)[C@H](O)[C@@H](COP2(=O)OCC[C@@H](c3cccc(Cl)c3)O2)O[C@H]1n1ccc(NC(=O)c2ccccc2)nc1=O. The normalized spacial score (nSPS) is 30.2. The molecule has 1 aromatic heterocycles. The number of halogens is 1. The second-order valence-electron chi connectivity index (χ2n) is 9.53. The summed E-state index contributed by atoms with van der Waals surface area (Å²) in [7, 11) is -4.05. The van der Waals surface area contributed by atoms with Crippen LogP contribution in [0.1, 0.15) is 41.6 Å². The number of aromatic nitrogens is 2. The number of nitrogens with one attached hydrogen (secondary N) is 1. The molecule has 40 heavy (non-hydrogen) atoms. The van der Waals surface area contributed by atoms with Crippen LogP contribution in [0.5, 0.6) is 0 Å². The first-order chi connectivity index (χ1) is 19.1. The van der Waals surface area contributed by atoms with Gasteiger partial charge in [-0.2, -0.15) is 4.98 Å². The van der Waals surface area contributed by atoms with E-state index in [4.69, 9.17) is 29.9 Å². The number of anilines is 1. The zero-order chi connectivity index (χ0) is 28.5. The number of carbonyl (C=O) groups excluding carboxylic acids is 1. The number of aliphatic hydroxyl groups excluding tert-OH is 1. The number of phosphoric ester groups is 1. The average Bonchev–Trinajstić information content (AvgIpc) is 3.16. The summed E-state index contributed by atoms with van der Waals surface area (Å²) in [6, 6.07) is 16.7. The fourth-order valence-electron chi connectivity index (χ4n) is 4.49. The first-order valence-corrected chi connectivity index (χ1v) is 14.2. The minimum absolute atomic E-state index is 0.00729. The lowest BCUT2D eigenvalue weighted by atomic mass is 9.96. The smallest absolute Gasteiger partial charge is 0.387 e. The molecule has 212 valence electrons. The standard InChI is InChI=1S/C26H27ClN3O9P/c1-26(34)22(31)20(15-37-40(35)36-13-11-19(39-40)17-8-5-9-18(27)14-17)38-24(26)30-12-10-21(29-25(30)33)28-23(32)16-6-3-2-4-7-16/h2-10,12,14,19-20,22,24,31,34H,11,13,15H2,1H3,(H,28,29,32,33)/t19-,20+,22+,24+,26+,40?/m0/s1. The fourth-order valence-corrected chi connectivity index (χ4v) is 6.09. The van der Waals surface area contributed by atoms with E-state index in [0.29, 0.717) is 22.6 Å². The molecule has 0 spiro atoms. The molecule has 6 atom stereocenters. The third-order valence-corrected chi connectivity index (χ3v) is 8.33. The van der Waals surface area contributed by atoms with Crippen LogP contribution < -0.4 is 11.0 Å². The number of nitrogens with zero attached hydrogens (tertiary/aromatic N) is 2. The van der Waals surface area contributed by atoms with Crippen molar-refractivity contribution in [3.63, 3.8) is 0 Å². The predicted octanol–water partition coefficient (Wildman–Crippen LogP) is 3.46. The maximum absolute atomic E-state index is 13.2. The Morgan fingerprint density at radius 2 is 2.02 bits per heavy atom. The third-order valence-electron chi connectivity index (χ3n) is 6.62. The summed E-state index contributed by atoms with van der Waals surface area (Å²) in [5, 5.41) is 24.8. The monoisotopic (exact) mass is 591 g/mol. The Balaban J connectivity index is 1.25. The molecule has 2 aliphatic rings. The molecule has 1 unspecified atom stereocenters. The molecule has 0 saturated carbocycles. The van der Waals surface area contributed by atoms with Gasteiger partial charge in [-0.3, -0.25) is 22.9 Å². The van der Waals surface area contributed by atoms with Crippen LogP contribution in [0.4, 0.5) is 5.82 Å². The van der Waals surface area contributed by atoms with Crippen LogP contribution >= 0.6 is 19.4 Å². The van der Waals surface area contributed by atoms with E-state index < -0.39 is 56.2 Å². The summed E-state index contributed by atoms with van der Waals surface area (Å²) >= 11 is 6.05. The molecule has 1 amide bonds. The number of aliphatic hydroxyl groups is 2. The number of carbonyl (C=O) groups is 1. The zero-order valence-corrected chi connectivity index (χ0v) is 22.9. The lowest BCUT2D eigenvalue weighted by molar-refractivity contribution is -0.0989. The van der Waals surface area contributed by atoms with E-state index in [1.807, 2.05) is 0 Å². The van der Waals surface area contributed by atoms with Crippen LogP contribution in [0, 0.1) is 0 Å². The van der Waals surface area contributed by atoms with Gasteiger partial charge in [-0.15, -0.1) is 0 Å². The van der Waals surface area contributed by atoms with Gasteiger partial charge in [0.1, 0.15) is 23.6 Å². The molecule has 0 radical (unpaired) electrons. The van der Waals surface area contributed by atoms with Crippen LogP contribution in [0.25, 0.3) is 0 Å². The Morgan fingerprint density at radius 3 is 2.75 bits per heavy atom. The number of rotatable bonds is 7. The van der Waals surface area contributed by atoms with E-state index in [-0.39, 0.29) is 12.4 Å². The van der Waals surface area contributed by atoms with E-state index in [2.05, 4.69) is 10.3 Å². The van der Waals surface area contributed by atoms with E-state index in [0.717, 1.165) is 4.57 Å². The van der Waals surface area contributed by atoms with Crippen LogP contribution in [0.3, 0.4) is 0 Å². The summed E-state index contributed by atoms with van der Waals surface area (Å²) < 4.78 is 36.3. The van der Waals surface area contributed by atoms with Crippen molar-refractivity contribution in [1.29, 1.82) is 0 Å². The van der Waals surface area contributed by atoms with Crippen LogP contribution in [0.2, 0.25) is 5.02 Å². The highest BCUT2D eigenvalue weighted by Gasteiger charge is 2.54. The first kappa shape index (κ1) is 28.6. The van der Waals surface area contributed by atoms with Gasteiger partial charge in [-0.05, 0) is 42.8 Å². The van der Waals surface area contributed by atoms with Crippen molar-refractivity contribution in [2.24, 2.45) is 0 Å². The molecule has 14 heteroatoms. The molecule has 2 aliphatic heterocycles. The van der Waals surface area contributed by atoms with E-state index in [1.165, 1.54) is 19.2 Å². The number of ether oxygens (including phenoxy) is 1. The van der Waals surface area contributed by atoms with Gasteiger partial charge in [0.2, 0.25) is 0 Å². The Kier molecular flexibility index (Phi) is 8.23. The van der Waals surface area contributed by atoms with Gasteiger partial charge >= 0.3 is 13.5 Å². The second-order valence-corrected chi connectivity index (χ2v) is 11.6. The zero-order valence-electron chi connectivity index (χ0n) is 21.3. The van der Waals surface area contributed by atoms with Gasteiger partial charge in [-0.25, -0.2) is 9.36 Å². The maximum atomic E-state index is 13.2. The van der Waals surface area contributed by atoms with Crippen molar-refractivity contribution in [3.8, 4) is 0 Å². The van der Waals surface area contributed by atoms with Crippen LogP contribution in [-0.4, -0.2) is 56.7 Å². The molecule has 2 aromatic carbocycles. The maximum Gasteiger partial charge on any atom is 0.475 e. The first-order valence-electron chi connectivity index (χ1n) is 12.4. The summed E-state index contributed by atoms with van der Waals surface area (Å²) in [5.41, 5.74) is -1.72. The highest BCUT2D eigenvalue weighted by molar-refractivity contribution is 7.48. The van der Waals surface area contributed by atoms with Crippen LogP contribution in [-0.2, 0) is 22.9 Å². The Morgan fingerprint density at radius 1 is 1.25 bits per heavy atom. The van der Waals surface area contributed by atoms with Crippen LogP contribution in [0.15, 0.2) is 71.7 Å². The summed E-state index contributed by atoms with van der Waals surface area (Å²) in [6.07, 6.45) is -3.01. The summed E-state index contributed by atoms with van der Waals surface area (Å²) in [6.45, 7) is 0.905. The largest absolute Gasteiger partial charge is 0.475 e. The lowest BCUT2D eigenvalue weighted by Crippen LogP contribution is -2.46. The topological polar surface area (TPSA) is 158 Å². The van der Waals surface area contributed by atoms with Crippen molar-refractivity contribution in [2.45, 2.75) is 43.5 Å². The predicted molar refractivity (Wildman–Crippen MR) is 143 cm³/mol. The number of phosphoric acid groups is 1. The second kappa shape index (κ2) is 11.5. The molecule has 2 saturated heterocycles. The average molecular weight is 592 g/mol. The number of hydrogen-bond acceptors (Lipinski definition) is 10. The molecule has 3 N–H and O–H groups in total. The lowest BCUT2D eigenvalue weighted by Gasteiger charge is -2.30. The van der Waals surface area contributed by atoms with Gasteiger partial charge in [0.25, 0.3) is 5.91 Å². The highest BCUT2D eigenvalue weighted by Crippen LogP contribution is 2.57. The molecule has 0 bridgehead atoms. The Labute approximate surface area is 234 Å². The number of amides is 1. The van der Waals surface area contributed by atoms with Gasteiger partial charge in [-0.1, -0.05) is 41.9 Å². The molecule has 3 aromatic rings. The molecule has 3 heterocycles. The van der Waals surface area contributed by atoms with Crippen molar-refractivity contribution >= 4 is 31.1 Å². The Hall–Kier alpha value is -2.93. The highest BCUT2D eigenvalue weighted by atomic mass is 35.5. The van der Waals surface area contributed by atoms with Crippen molar-refractivity contribution in [2.75, 3.05) is 18.5 Å². The fraction of sp³-hybridized carbons (Fsp3) is 0.346. The molecule has 0 aliphatic carbocycles. The molecular formula is C26H27ClN3O9P. The third kappa shape index (κ3) is 6.04.